The molecule has 0 saturated heterocycles. The molecule has 0 saturated carbocycles. The Morgan fingerprint density at radius 2 is 2.12 bits per heavy atom. The smallest absolute Gasteiger partial charge is 0.263 e. The number of fused-ring (bicyclic) bond motifs is 1. The Hall–Kier alpha value is -2.52. The maximum atomic E-state index is 12.6. The molecule has 7 nitrogen and oxygen atoms in total. The highest BCUT2D eigenvalue weighted by molar-refractivity contribution is 9.10. The van der Waals surface area contributed by atoms with E-state index in [1.54, 1.807) is 10.9 Å². The van der Waals surface area contributed by atoms with Gasteiger partial charge >= 0.3 is 0 Å². The first-order valence-corrected chi connectivity index (χ1v) is 9.48. The molecular formula is C17H15BrN6OS. The minimum absolute atomic E-state index is 0.145. The quantitative estimate of drug-likeness (QED) is 0.539. The summed E-state index contributed by atoms with van der Waals surface area (Å²) in [4.78, 5) is 22.2. The first kappa shape index (κ1) is 16.9. The van der Waals surface area contributed by atoms with Gasteiger partial charge in [-0.25, -0.2) is 9.97 Å². The lowest BCUT2D eigenvalue weighted by Crippen LogP contribution is -2.22. The Bertz CT molecular complexity index is 1110. The summed E-state index contributed by atoms with van der Waals surface area (Å²) < 4.78 is 4.61. The molecule has 1 amide bonds. The van der Waals surface area contributed by atoms with Gasteiger partial charge in [0.2, 0.25) is 0 Å². The number of nitrogens with one attached hydrogen (secondary N) is 1. The van der Waals surface area contributed by atoms with E-state index in [4.69, 9.17) is 0 Å². The number of hydrogen-bond donors (Lipinski definition) is 1. The number of aryl methyl sites for hydroxylation is 2. The number of halogens is 1. The molecule has 0 spiro atoms. The second kappa shape index (κ2) is 6.65. The third-order valence-corrected chi connectivity index (χ3v) is 5.52. The number of carbonyl (C=O) groups is 1. The van der Waals surface area contributed by atoms with Gasteiger partial charge in [0.25, 0.3) is 5.91 Å². The topological polar surface area (TPSA) is 77.1 Å². The maximum Gasteiger partial charge on any atom is 0.263 e. The zero-order valence-corrected chi connectivity index (χ0v) is 16.5. The van der Waals surface area contributed by atoms with Gasteiger partial charge in [0, 0.05) is 35.7 Å². The monoisotopic (exact) mass is 430 g/mol. The summed E-state index contributed by atoms with van der Waals surface area (Å²) in [6.07, 6.45) is 7.46. The van der Waals surface area contributed by atoms with Crippen LogP contribution < -0.4 is 5.32 Å². The molecule has 0 unspecified atom stereocenters. The predicted molar refractivity (Wildman–Crippen MR) is 103 cm³/mol. The zero-order chi connectivity index (χ0) is 18.3. The van der Waals surface area contributed by atoms with E-state index in [0.717, 1.165) is 26.4 Å². The van der Waals surface area contributed by atoms with E-state index < -0.39 is 0 Å². The summed E-state index contributed by atoms with van der Waals surface area (Å²) in [5, 5.41) is 7.86. The van der Waals surface area contributed by atoms with E-state index in [2.05, 4.69) is 36.3 Å². The standard InChI is InChI=1S/C17H15BrN6OS/c1-10-15(26-17(21-10)11-5-20-23(2)7-11)16(25)19-6-13-9-24-8-12(18)3-4-14(24)22-13/h3-5,7-9H,6H2,1-2H3,(H,19,25). The van der Waals surface area contributed by atoms with Crippen LogP contribution in [0.2, 0.25) is 0 Å². The van der Waals surface area contributed by atoms with Gasteiger partial charge in [-0.05, 0) is 35.0 Å². The molecule has 0 aliphatic carbocycles. The molecule has 0 atom stereocenters. The number of nitrogens with zero attached hydrogens (tertiary/aromatic N) is 5. The highest BCUT2D eigenvalue weighted by Crippen LogP contribution is 2.27. The highest BCUT2D eigenvalue weighted by atomic mass is 79.9. The number of pyridine rings is 1. The van der Waals surface area contributed by atoms with Crippen LogP contribution in [0.5, 0.6) is 0 Å². The van der Waals surface area contributed by atoms with Crippen LogP contribution >= 0.6 is 27.3 Å². The number of aromatic nitrogens is 5. The van der Waals surface area contributed by atoms with Crippen molar-refractivity contribution in [2.24, 2.45) is 7.05 Å². The van der Waals surface area contributed by atoms with Crippen LogP contribution in [0, 0.1) is 6.92 Å². The number of imidazole rings is 1. The SMILES string of the molecule is Cc1nc(-c2cnn(C)c2)sc1C(=O)NCc1cn2cc(Br)ccc2n1. The fourth-order valence-electron chi connectivity index (χ4n) is 2.62. The van der Waals surface area contributed by atoms with Crippen molar-refractivity contribution in [1.29, 1.82) is 0 Å². The molecule has 9 heteroatoms. The molecule has 4 rings (SSSR count). The number of amides is 1. The van der Waals surface area contributed by atoms with Gasteiger partial charge in [-0.3, -0.25) is 9.48 Å². The van der Waals surface area contributed by atoms with Crippen LogP contribution in [0.4, 0.5) is 0 Å². The van der Waals surface area contributed by atoms with E-state index in [9.17, 15) is 4.79 Å². The van der Waals surface area contributed by atoms with Crippen LogP contribution in [0.3, 0.4) is 0 Å². The molecule has 0 aliphatic heterocycles. The third kappa shape index (κ3) is 3.27. The number of thiazole rings is 1. The van der Waals surface area contributed by atoms with E-state index in [-0.39, 0.29) is 5.91 Å². The molecule has 4 aromatic rings. The van der Waals surface area contributed by atoms with E-state index in [0.29, 0.717) is 17.1 Å². The van der Waals surface area contributed by atoms with Crippen molar-refractivity contribution in [3.8, 4) is 10.6 Å². The van der Waals surface area contributed by atoms with Gasteiger partial charge in [0.15, 0.2) is 0 Å². The van der Waals surface area contributed by atoms with Crippen molar-refractivity contribution in [2.45, 2.75) is 13.5 Å². The number of hydrogen-bond acceptors (Lipinski definition) is 5. The molecule has 0 radical (unpaired) electrons. The molecule has 4 heterocycles. The van der Waals surface area contributed by atoms with Gasteiger partial charge in [0.1, 0.15) is 15.5 Å². The Balaban J connectivity index is 1.50. The lowest BCUT2D eigenvalue weighted by atomic mass is 10.3. The molecule has 0 aromatic carbocycles. The summed E-state index contributed by atoms with van der Waals surface area (Å²) in [7, 11) is 1.85. The van der Waals surface area contributed by atoms with Crippen molar-refractivity contribution in [3.63, 3.8) is 0 Å². The second-order valence-electron chi connectivity index (χ2n) is 5.86. The van der Waals surface area contributed by atoms with Crippen molar-refractivity contribution < 1.29 is 4.79 Å². The van der Waals surface area contributed by atoms with Crippen LogP contribution in [0.1, 0.15) is 21.1 Å². The summed E-state index contributed by atoms with van der Waals surface area (Å²) in [5.74, 6) is -0.145. The van der Waals surface area contributed by atoms with Crippen molar-refractivity contribution >= 4 is 38.8 Å². The summed E-state index contributed by atoms with van der Waals surface area (Å²) >= 11 is 4.80. The van der Waals surface area contributed by atoms with Crippen molar-refractivity contribution in [2.75, 3.05) is 0 Å². The maximum absolute atomic E-state index is 12.6. The molecule has 26 heavy (non-hydrogen) atoms. The molecule has 0 bridgehead atoms. The van der Waals surface area contributed by atoms with Gasteiger partial charge < -0.3 is 9.72 Å². The summed E-state index contributed by atoms with van der Waals surface area (Å²) in [6, 6.07) is 3.86. The highest BCUT2D eigenvalue weighted by Gasteiger charge is 2.17. The Kier molecular flexibility index (Phi) is 4.33. The Labute approximate surface area is 161 Å². The minimum atomic E-state index is -0.145. The third-order valence-electron chi connectivity index (χ3n) is 3.85. The summed E-state index contributed by atoms with van der Waals surface area (Å²) in [6.45, 7) is 2.20. The van der Waals surface area contributed by atoms with E-state index in [1.807, 2.05) is 49.1 Å². The van der Waals surface area contributed by atoms with Gasteiger partial charge in [0.05, 0.1) is 24.1 Å². The average Bonchev–Trinajstić information content (AvgIpc) is 3.30. The minimum Gasteiger partial charge on any atom is -0.346 e. The predicted octanol–water partition coefficient (Wildman–Crippen LogP) is 3.19. The largest absolute Gasteiger partial charge is 0.346 e. The van der Waals surface area contributed by atoms with Crippen molar-refractivity contribution in [1.82, 2.24) is 29.5 Å². The van der Waals surface area contributed by atoms with Gasteiger partial charge in [-0.15, -0.1) is 11.3 Å². The zero-order valence-electron chi connectivity index (χ0n) is 14.1. The van der Waals surface area contributed by atoms with Crippen LogP contribution in [-0.4, -0.2) is 30.1 Å². The molecule has 0 fully saturated rings. The van der Waals surface area contributed by atoms with Crippen LogP contribution in [0.25, 0.3) is 16.2 Å². The van der Waals surface area contributed by atoms with Gasteiger partial charge in [-0.2, -0.15) is 5.10 Å². The fraction of sp³-hybridized carbons (Fsp3) is 0.176. The number of carbonyl (C=O) groups excluding carboxylic acids is 1. The van der Waals surface area contributed by atoms with E-state index >= 15 is 0 Å². The van der Waals surface area contributed by atoms with Crippen LogP contribution in [-0.2, 0) is 13.6 Å². The van der Waals surface area contributed by atoms with E-state index in [1.165, 1.54) is 11.3 Å². The first-order chi connectivity index (χ1) is 12.5. The molecule has 0 aliphatic rings. The number of rotatable bonds is 4. The lowest BCUT2D eigenvalue weighted by Gasteiger charge is -2.01. The average molecular weight is 431 g/mol. The normalized spacial score (nSPS) is 11.2. The van der Waals surface area contributed by atoms with Crippen molar-refractivity contribution in [3.05, 3.63) is 57.7 Å². The Morgan fingerprint density at radius 3 is 2.88 bits per heavy atom. The lowest BCUT2D eigenvalue weighted by molar-refractivity contribution is 0.0953. The summed E-state index contributed by atoms with van der Waals surface area (Å²) in [5.41, 5.74) is 3.26. The molecule has 132 valence electrons. The molecule has 1 N–H and O–H groups in total. The van der Waals surface area contributed by atoms with Gasteiger partial charge in [-0.1, -0.05) is 0 Å². The Morgan fingerprint density at radius 1 is 1.27 bits per heavy atom. The molecule has 4 aromatic heterocycles. The molecular weight excluding hydrogens is 416 g/mol. The first-order valence-electron chi connectivity index (χ1n) is 7.87. The van der Waals surface area contributed by atoms with Crippen LogP contribution in [0.15, 0.2) is 41.4 Å². The second-order valence-corrected chi connectivity index (χ2v) is 7.78. The fourth-order valence-corrected chi connectivity index (χ4v) is 3.93.